The van der Waals surface area contributed by atoms with Gasteiger partial charge in [0.25, 0.3) is 0 Å². The fraction of sp³-hybridized carbons (Fsp3) is 0.118. The number of nitrogens with two attached hydrogens (primary N) is 1. The van der Waals surface area contributed by atoms with E-state index in [9.17, 15) is 26.0 Å². The maximum absolute atomic E-state index is 13.6. The number of aromatic amines is 1. The van der Waals surface area contributed by atoms with Gasteiger partial charge in [-0.1, -0.05) is 12.1 Å². The minimum atomic E-state index is -4.75. The van der Waals surface area contributed by atoms with Gasteiger partial charge in [0.2, 0.25) is 10.0 Å². The average Bonchev–Trinajstić information content (AvgIpc) is 2.99. The highest BCUT2D eigenvalue weighted by Crippen LogP contribution is 2.37. The topological polar surface area (TPSA) is 88.8 Å². The summed E-state index contributed by atoms with van der Waals surface area (Å²) >= 11 is 0. The SMILES string of the molecule is Cc1cc(F)cc(-c2nc(-c3ccc(S(N)(=O)=O)cc3)c(C(F)(F)F)[nH]2)c1. The van der Waals surface area contributed by atoms with Crippen molar-refractivity contribution in [3.05, 3.63) is 59.5 Å². The largest absolute Gasteiger partial charge is 0.433 e. The number of H-pyrrole nitrogens is 1. The van der Waals surface area contributed by atoms with Crippen molar-refractivity contribution in [2.45, 2.75) is 18.0 Å². The van der Waals surface area contributed by atoms with E-state index in [2.05, 4.69) is 9.97 Å². The Morgan fingerprint density at radius 1 is 1.04 bits per heavy atom. The summed E-state index contributed by atoms with van der Waals surface area (Å²) in [6, 6.07) is 8.33. The lowest BCUT2D eigenvalue weighted by molar-refractivity contribution is -0.140. The third-order valence-electron chi connectivity index (χ3n) is 3.76. The Labute approximate surface area is 151 Å². The normalized spacial score (nSPS) is 12.4. The zero-order chi connectivity index (χ0) is 20.0. The molecule has 2 aromatic carbocycles. The molecule has 1 heterocycles. The highest BCUT2D eigenvalue weighted by atomic mass is 32.2. The van der Waals surface area contributed by atoms with Crippen molar-refractivity contribution in [1.82, 2.24) is 9.97 Å². The number of hydrogen-bond acceptors (Lipinski definition) is 3. The first kappa shape index (κ1) is 19.1. The predicted octanol–water partition coefficient (Wildman–Crippen LogP) is 3.86. The summed E-state index contributed by atoms with van der Waals surface area (Å²) in [6.07, 6.45) is -4.75. The number of aryl methyl sites for hydroxylation is 1. The number of nitrogens with zero attached hydrogens (tertiary/aromatic N) is 1. The van der Waals surface area contributed by atoms with E-state index < -0.39 is 33.4 Å². The van der Waals surface area contributed by atoms with Crippen LogP contribution in [0.2, 0.25) is 0 Å². The summed E-state index contributed by atoms with van der Waals surface area (Å²) in [5.41, 5.74) is -0.840. The highest BCUT2D eigenvalue weighted by Gasteiger charge is 2.37. The number of halogens is 4. The quantitative estimate of drug-likeness (QED) is 0.656. The molecule has 3 rings (SSSR count). The lowest BCUT2D eigenvalue weighted by atomic mass is 10.1. The van der Waals surface area contributed by atoms with Gasteiger partial charge in [-0.2, -0.15) is 13.2 Å². The molecule has 0 aliphatic heterocycles. The first-order valence-corrected chi connectivity index (χ1v) is 9.08. The second-order valence-electron chi connectivity index (χ2n) is 5.89. The number of primary sulfonamides is 1. The molecule has 0 saturated heterocycles. The molecule has 1 aromatic heterocycles. The van der Waals surface area contributed by atoms with Gasteiger partial charge in [0, 0.05) is 11.1 Å². The Balaban J connectivity index is 2.16. The minimum absolute atomic E-state index is 0.0327. The van der Waals surface area contributed by atoms with Crippen LogP contribution in [-0.4, -0.2) is 18.4 Å². The second kappa shape index (κ2) is 6.46. The van der Waals surface area contributed by atoms with E-state index in [1.54, 1.807) is 6.92 Å². The number of rotatable bonds is 3. The highest BCUT2D eigenvalue weighted by molar-refractivity contribution is 7.89. The third-order valence-corrected chi connectivity index (χ3v) is 4.69. The Bertz CT molecular complexity index is 1080. The molecule has 0 aliphatic carbocycles. The standard InChI is InChI=1S/C17H13F4N3O2S/c1-9-6-11(8-12(18)7-9)16-23-14(15(24-16)17(19,20)21)10-2-4-13(5-3-10)27(22,25)26/h2-8H,1H3,(H,23,24)(H2,22,25,26). The van der Waals surface area contributed by atoms with Gasteiger partial charge in [-0.3, -0.25) is 0 Å². The van der Waals surface area contributed by atoms with Gasteiger partial charge < -0.3 is 4.98 Å². The number of nitrogens with one attached hydrogen (secondary N) is 1. The van der Waals surface area contributed by atoms with E-state index in [4.69, 9.17) is 5.14 Å². The minimum Gasteiger partial charge on any atom is -0.334 e. The molecule has 3 N–H and O–H groups in total. The van der Waals surface area contributed by atoms with Crippen LogP contribution < -0.4 is 5.14 Å². The lowest BCUT2D eigenvalue weighted by Gasteiger charge is -2.07. The number of aromatic nitrogens is 2. The van der Waals surface area contributed by atoms with Crippen molar-refractivity contribution in [2.24, 2.45) is 5.14 Å². The molecule has 0 amide bonds. The molecule has 0 radical (unpaired) electrons. The van der Waals surface area contributed by atoms with Crippen LogP contribution in [-0.2, 0) is 16.2 Å². The maximum Gasteiger partial charge on any atom is 0.433 e. The number of benzene rings is 2. The van der Waals surface area contributed by atoms with Crippen LogP contribution in [0.5, 0.6) is 0 Å². The summed E-state index contributed by atoms with van der Waals surface area (Å²) in [7, 11) is -3.98. The van der Waals surface area contributed by atoms with Crippen LogP contribution in [0.25, 0.3) is 22.6 Å². The van der Waals surface area contributed by atoms with E-state index in [0.717, 1.165) is 18.2 Å². The molecule has 0 aliphatic rings. The molecular formula is C17H13F4N3O2S. The van der Waals surface area contributed by atoms with E-state index in [1.165, 1.54) is 24.3 Å². The number of alkyl halides is 3. The Morgan fingerprint density at radius 3 is 2.19 bits per heavy atom. The van der Waals surface area contributed by atoms with E-state index >= 15 is 0 Å². The Kier molecular flexibility index (Phi) is 4.56. The zero-order valence-corrected chi connectivity index (χ0v) is 14.6. The van der Waals surface area contributed by atoms with Crippen molar-refractivity contribution in [2.75, 3.05) is 0 Å². The maximum atomic E-state index is 13.6. The Hall–Kier alpha value is -2.72. The van der Waals surface area contributed by atoms with Crippen molar-refractivity contribution < 1.29 is 26.0 Å². The smallest absolute Gasteiger partial charge is 0.334 e. The first-order chi connectivity index (χ1) is 12.4. The summed E-state index contributed by atoms with van der Waals surface area (Å²) in [5.74, 6) is -0.760. The van der Waals surface area contributed by atoms with Gasteiger partial charge in [-0.25, -0.2) is 22.9 Å². The van der Waals surface area contributed by atoms with Crippen LogP contribution in [0, 0.1) is 12.7 Å². The number of hydrogen-bond donors (Lipinski definition) is 2. The van der Waals surface area contributed by atoms with Crippen molar-refractivity contribution in [3.8, 4) is 22.6 Å². The fourth-order valence-corrected chi connectivity index (χ4v) is 3.11. The molecular weight excluding hydrogens is 386 g/mol. The van der Waals surface area contributed by atoms with Gasteiger partial charge in [0.05, 0.1) is 4.90 Å². The van der Waals surface area contributed by atoms with Crippen LogP contribution in [0.1, 0.15) is 11.3 Å². The van der Waals surface area contributed by atoms with Gasteiger partial charge in [0.1, 0.15) is 23.0 Å². The fourth-order valence-electron chi connectivity index (χ4n) is 2.60. The molecule has 0 spiro atoms. The van der Waals surface area contributed by atoms with E-state index in [1.807, 2.05) is 0 Å². The summed E-state index contributed by atoms with van der Waals surface area (Å²) < 4.78 is 76.5. The Morgan fingerprint density at radius 2 is 1.67 bits per heavy atom. The molecule has 10 heteroatoms. The number of sulfonamides is 1. The van der Waals surface area contributed by atoms with E-state index in [0.29, 0.717) is 5.56 Å². The molecule has 0 bridgehead atoms. The zero-order valence-electron chi connectivity index (χ0n) is 13.8. The first-order valence-electron chi connectivity index (χ1n) is 7.53. The van der Waals surface area contributed by atoms with Crippen LogP contribution in [0.15, 0.2) is 47.4 Å². The summed E-state index contributed by atoms with van der Waals surface area (Å²) in [6.45, 7) is 1.60. The third kappa shape index (κ3) is 4.01. The molecule has 27 heavy (non-hydrogen) atoms. The van der Waals surface area contributed by atoms with Gasteiger partial charge in [0.15, 0.2) is 0 Å². The summed E-state index contributed by atoms with van der Waals surface area (Å²) in [5, 5.41) is 4.99. The molecule has 0 saturated carbocycles. The van der Waals surface area contributed by atoms with Gasteiger partial charge in [-0.15, -0.1) is 0 Å². The monoisotopic (exact) mass is 399 g/mol. The molecule has 142 valence electrons. The van der Waals surface area contributed by atoms with Crippen molar-refractivity contribution >= 4 is 10.0 Å². The lowest BCUT2D eigenvalue weighted by Crippen LogP contribution is -2.12. The van der Waals surface area contributed by atoms with E-state index in [-0.39, 0.29) is 21.8 Å². The van der Waals surface area contributed by atoms with Crippen LogP contribution >= 0.6 is 0 Å². The predicted molar refractivity (Wildman–Crippen MR) is 90.5 cm³/mol. The molecule has 0 atom stereocenters. The molecule has 0 fully saturated rings. The van der Waals surface area contributed by atoms with Gasteiger partial charge >= 0.3 is 6.18 Å². The van der Waals surface area contributed by atoms with Crippen molar-refractivity contribution in [1.29, 1.82) is 0 Å². The molecule has 5 nitrogen and oxygen atoms in total. The second-order valence-corrected chi connectivity index (χ2v) is 7.45. The van der Waals surface area contributed by atoms with Gasteiger partial charge in [-0.05, 0) is 42.8 Å². The number of imidazole rings is 1. The average molecular weight is 399 g/mol. The van der Waals surface area contributed by atoms with Crippen molar-refractivity contribution in [3.63, 3.8) is 0 Å². The summed E-state index contributed by atoms with van der Waals surface area (Å²) in [4.78, 5) is 5.92. The molecule has 0 unspecified atom stereocenters. The van der Waals surface area contributed by atoms with Crippen LogP contribution in [0.4, 0.5) is 17.6 Å². The molecule has 3 aromatic rings. The van der Waals surface area contributed by atoms with Crippen LogP contribution in [0.3, 0.4) is 0 Å².